The molecule has 0 saturated carbocycles. The first-order valence-corrected chi connectivity index (χ1v) is 14.1. The average molecular weight is 575 g/mol. The van der Waals surface area contributed by atoms with Gasteiger partial charge in [-0.15, -0.1) is 0 Å². The molecular weight excluding hydrogens is 544 g/mol. The van der Waals surface area contributed by atoms with Crippen molar-refractivity contribution in [2.24, 2.45) is 0 Å². The summed E-state index contributed by atoms with van der Waals surface area (Å²) >= 11 is 1.26. The van der Waals surface area contributed by atoms with Crippen molar-refractivity contribution in [2.45, 2.75) is 26.8 Å². The second-order valence-electron chi connectivity index (χ2n) is 9.03. The number of hydrogen-bond acceptors (Lipinski definition) is 9. The normalized spacial score (nSPS) is 16.3. The van der Waals surface area contributed by atoms with Crippen molar-refractivity contribution in [3.63, 3.8) is 0 Å². The Kier molecular flexibility index (Phi) is 8.11. The Morgan fingerprint density at radius 3 is 2.34 bits per heavy atom. The van der Waals surface area contributed by atoms with E-state index in [4.69, 9.17) is 18.9 Å². The largest absolute Gasteiger partial charge is 0.507 e. The van der Waals surface area contributed by atoms with Gasteiger partial charge in [0.05, 0.1) is 48.8 Å². The van der Waals surface area contributed by atoms with Gasteiger partial charge in [0.25, 0.3) is 5.78 Å². The molecule has 4 aromatic rings. The Labute approximate surface area is 241 Å². The molecule has 0 bridgehead atoms. The van der Waals surface area contributed by atoms with Crippen LogP contribution >= 0.6 is 11.3 Å². The number of ketones is 1. The van der Waals surface area contributed by atoms with E-state index < -0.39 is 17.7 Å². The van der Waals surface area contributed by atoms with Gasteiger partial charge in [-0.1, -0.05) is 29.5 Å². The SMILES string of the molecule is CCOc1cccc(/C(O)=C2\C(=O)C(=O)N(c3nc4ccc(OCC)cc4s3)C2c2ccc(OCC)c(OC)c2)c1. The van der Waals surface area contributed by atoms with Crippen LogP contribution in [-0.2, 0) is 9.59 Å². The van der Waals surface area contributed by atoms with Crippen molar-refractivity contribution < 1.29 is 33.6 Å². The number of Topliss-reactive ketones (excluding diaryl/α,β-unsaturated/α-hetero) is 1. The summed E-state index contributed by atoms with van der Waals surface area (Å²) in [5.74, 6) is 0.221. The van der Waals surface area contributed by atoms with Gasteiger partial charge in [0.2, 0.25) is 0 Å². The minimum absolute atomic E-state index is 0.0656. The number of ether oxygens (including phenoxy) is 4. The molecule has 41 heavy (non-hydrogen) atoms. The monoisotopic (exact) mass is 574 g/mol. The minimum atomic E-state index is -0.984. The zero-order valence-electron chi connectivity index (χ0n) is 23.2. The smallest absolute Gasteiger partial charge is 0.301 e. The molecule has 1 N–H and O–H groups in total. The zero-order chi connectivity index (χ0) is 29.1. The van der Waals surface area contributed by atoms with E-state index in [9.17, 15) is 14.7 Å². The summed E-state index contributed by atoms with van der Waals surface area (Å²) in [6.07, 6.45) is 0. The maximum absolute atomic E-state index is 13.7. The highest BCUT2D eigenvalue weighted by atomic mass is 32.1. The molecule has 0 spiro atoms. The van der Waals surface area contributed by atoms with Crippen LogP contribution in [0.5, 0.6) is 23.0 Å². The lowest BCUT2D eigenvalue weighted by Crippen LogP contribution is -2.29. The van der Waals surface area contributed by atoms with E-state index in [1.54, 1.807) is 42.5 Å². The number of methoxy groups -OCH3 is 1. The van der Waals surface area contributed by atoms with Crippen LogP contribution in [0.2, 0.25) is 0 Å². The number of carbonyl (C=O) groups excluding carboxylic acids is 2. The van der Waals surface area contributed by atoms with Crippen molar-refractivity contribution >= 4 is 44.1 Å². The number of carbonyl (C=O) groups is 2. The molecule has 0 radical (unpaired) electrons. The Balaban J connectivity index is 1.70. The minimum Gasteiger partial charge on any atom is -0.507 e. The molecule has 1 aromatic heterocycles. The highest BCUT2D eigenvalue weighted by Gasteiger charge is 2.48. The van der Waals surface area contributed by atoms with E-state index in [1.807, 2.05) is 39.0 Å². The van der Waals surface area contributed by atoms with Gasteiger partial charge >= 0.3 is 5.91 Å². The number of aromatic nitrogens is 1. The second kappa shape index (κ2) is 11.9. The molecule has 1 amide bonds. The van der Waals surface area contributed by atoms with Gasteiger partial charge in [0, 0.05) is 5.56 Å². The van der Waals surface area contributed by atoms with Gasteiger partial charge in [-0.2, -0.15) is 0 Å². The van der Waals surface area contributed by atoms with Gasteiger partial charge in [0.1, 0.15) is 17.3 Å². The first kappa shape index (κ1) is 28.0. The van der Waals surface area contributed by atoms with Gasteiger partial charge in [-0.05, 0) is 68.8 Å². The molecule has 2 heterocycles. The Hall–Kier alpha value is -4.57. The van der Waals surface area contributed by atoms with Gasteiger partial charge < -0.3 is 24.1 Å². The fourth-order valence-corrected chi connectivity index (χ4v) is 5.80. The van der Waals surface area contributed by atoms with Crippen LogP contribution in [0.3, 0.4) is 0 Å². The predicted octanol–water partition coefficient (Wildman–Crippen LogP) is 6.13. The highest BCUT2D eigenvalue weighted by molar-refractivity contribution is 7.22. The third kappa shape index (κ3) is 5.30. The zero-order valence-corrected chi connectivity index (χ0v) is 24.0. The highest BCUT2D eigenvalue weighted by Crippen LogP contribution is 2.46. The number of aliphatic hydroxyl groups is 1. The van der Waals surface area contributed by atoms with Crippen molar-refractivity contribution in [2.75, 3.05) is 31.8 Å². The third-order valence-corrected chi connectivity index (χ3v) is 7.55. The van der Waals surface area contributed by atoms with Crippen molar-refractivity contribution in [3.05, 3.63) is 77.4 Å². The standard InChI is InChI=1S/C31H30N2O7S/c1-5-38-20-10-8-9-19(15-20)28(34)26-27(18-11-14-23(40-7-3)24(16-18)37-4)33(30(36)29(26)35)31-32-22-13-12-21(39-6-2)17-25(22)41-31/h8-17,27,34H,5-7H2,1-4H3/b28-26+. The number of nitrogens with zero attached hydrogens (tertiary/aromatic N) is 2. The summed E-state index contributed by atoms with van der Waals surface area (Å²) in [5, 5.41) is 11.8. The summed E-state index contributed by atoms with van der Waals surface area (Å²) in [5.41, 5.74) is 1.48. The first-order chi connectivity index (χ1) is 19.9. The third-order valence-electron chi connectivity index (χ3n) is 6.53. The quantitative estimate of drug-likeness (QED) is 0.137. The number of benzene rings is 3. The number of amides is 1. The van der Waals surface area contributed by atoms with E-state index in [-0.39, 0.29) is 11.3 Å². The second-order valence-corrected chi connectivity index (χ2v) is 10.0. The van der Waals surface area contributed by atoms with E-state index >= 15 is 0 Å². The number of hydrogen-bond donors (Lipinski definition) is 1. The molecule has 1 atom stereocenters. The van der Waals surface area contributed by atoms with Crippen LogP contribution < -0.4 is 23.8 Å². The van der Waals surface area contributed by atoms with Crippen LogP contribution in [0, 0.1) is 0 Å². The van der Waals surface area contributed by atoms with Gasteiger partial charge in [-0.3, -0.25) is 14.5 Å². The van der Waals surface area contributed by atoms with Crippen LogP contribution in [0.4, 0.5) is 5.13 Å². The molecule has 1 unspecified atom stereocenters. The summed E-state index contributed by atoms with van der Waals surface area (Å²) < 4.78 is 23.3. The number of rotatable bonds is 10. The molecule has 1 aliphatic rings. The van der Waals surface area contributed by atoms with Gasteiger partial charge in [0.15, 0.2) is 16.6 Å². The molecule has 0 aliphatic carbocycles. The maximum atomic E-state index is 13.7. The van der Waals surface area contributed by atoms with Crippen LogP contribution in [0.15, 0.2) is 66.2 Å². The fraction of sp³-hybridized carbons (Fsp3) is 0.258. The van der Waals surface area contributed by atoms with E-state index in [2.05, 4.69) is 4.98 Å². The Morgan fingerprint density at radius 1 is 0.902 bits per heavy atom. The lowest BCUT2D eigenvalue weighted by Gasteiger charge is -2.24. The molecule has 5 rings (SSSR count). The van der Waals surface area contributed by atoms with E-state index in [1.165, 1.54) is 23.3 Å². The molecular formula is C31H30N2O7S. The van der Waals surface area contributed by atoms with Crippen molar-refractivity contribution in [1.82, 2.24) is 4.98 Å². The molecule has 1 fully saturated rings. The van der Waals surface area contributed by atoms with Gasteiger partial charge in [-0.25, -0.2) is 4.98 Å². The molecule has 1 saturated heterocycles. The van der Waals surface area contributed by atoms with E-state index in [0.717, 1.165) is 4.70 Å². The van der Waals surface area contributed by atoms with Crippen LogP contribution in [0.1, 0.15) is 37.9 Å². The lowest BCUT2D eigenvalue weighted by atomic mass is 9.95. The Bertz CT molecular complexity index is 1640. The molecule has 1 aliphatic heterocycles. The summed E-state index contributed by atoms with van der Waals surface area (Å²) in [4.78, 5) is 33.3. The number of anilines is 1. The van der Waals surface area contributed by atoms with Crippen molar-refractivity contribution in [3.8, 4) is 23.0 Å². The number of thiazole rings is 1. The summed E-state index contributed by atoms with van der Waals surface area (Å²) in [6, 6.07) is 16.4. The lowest BCUT2D eigenvalue weighted by molar-refractivity contribution is -0.132. The van der Waals surface area contributed by atoms with E-state index in [0.29, 0.717) is 64.6 Å². The summed E-state index contributed by atoms with van der Waals surface area (Å²) in [7, 11) is 1.52. The van der Waals surface area contributed by atoms with Crippen LogP contribution in [0.25, 0.3) is 16.0 Å². The average Bonchev–Trinajstić information content (AvgIpc) is 3.51. The predicted molar refractivity (Wildman–Crippen MR) is 157 cm³/mol. The van der Waals surface area contributed by atoms with Crippen LogP contribution in [-0.4, -0.2) is 48.7 Å². The Morgan fingerprint density at radius 2 is 1.63 bits per heavy atom. The van der Waals surface area contributed by atoms with Crippen molar-refractivity contribution in [1.29, 1.82) is 0 Å². The first-order valence-electron chi connectivity index (χ1n) is 13.3. The number of aliphatic hydroxyl groups excluding tert-OH is 1. The topological polar surface area (TPSA) is 107 Å². The fourth-order valence-electron chi connectivity index (χ4n) is 4.78. The summed E-state index contributed by atoms with van der Waals surface area (Å²) in [6.45, 7) is 6.99. The maximum Gasteiger partial charge on any atom is 0.301 e. The molecule has 3 aromatic carbocycles. The molecule has 10 heteroatoms. The molecule has 9 nitrogen and oxygen atoms in total. The number of fused-ring (bicyclic) bond motifs is 1. The molecule has 212 valence electrons.